The van der Waals surface area contributed by atoms with Crippen LogP contribution in [-0.4, -0.2) is 59.9 Å². The summed E-state index contributed by atoms with van der Waals surface area (Å²) in [5.74, 6) is -0.288. The smallest absolute Gasteiger partial charge is 0.292 e. The highest BCUT2D eigenvalue weighted by Gasteiger charge is 2.08. The summed E-state index contributed by atoms with van der Waals surface area (Å²) in [6.07, 6.45) is 0. The second kappa shape index (κ2) is 6.85. The summed E-state index contributed by atoms with van der Waals surface area (Å²) in [6, 6.07) is 0. The van der Waals surface area contributed by atoms with Gasteiger partial charge in [0.15, 0.2) is 0 Å². The van der Waals surface area contributed by atoms with Crippen molar-refractivity contribution < 1.29 is 9.53 Å². The number of amides is 1. The van der Waals surface area contributed by atoms with E-state index in [4.69, 9.17) is 4.74 Å². The number of H-pyrrole nitrogens is 1. The summed E-state index contributed by atoms with van der Waals surface area (Å²) >= 11 is 0. The molecule has 0 aromatic carbocycles. The third-order valence-corrected chi connectivity index (χ3v) is 1.62. The first-order chi connectivity index (χ1) is 7.34. The number of ether oxygens (including phenoxy) is 1. The summed E-state index contributed by atoms with van der Waals surface area (Å²) in [6.45, 7) is 2.59. The monoisotopic (exact) mass is 214 g/mol. The van der Waals surface area contributed by atoms with E-state index in [-0.39, 0.29) is 11.7 Å². The first kappa shape index (κ1) is 11.5. The Bertz CT molecular complexity index is 275. The Kier molecular flexibility index (Phi) is 5.26. The number of hydrogen-bond donors (Lipinski definition) is 3. The van der Waals surface area contributed by atoms with Crippen LogP contribution in [0.5, 0.6) is 0 Å². The highest BCUT2D eigenvalue weighted by molar-refractivity contribution is 5.89. The summed E-state index contributed by atoms with van der Waals surface area (Å²) in [7, 11) is 1.64. The predicted molar refractivity (Wildman–Crippen MR) is 51.3 cm³/mol. The van der Waals surface area contributed by atoms with E-state index in [0.717, 1.165) is 6.54 Å². The van der Waals surface area contributed by atoms with Gasteiger partial charge in [0, 0.05) is 26.7 Å². The van der Waals surface area contributed by atoms with E-state index in [1.807, 2.05) is 0 Å². The van der Waals surface area contributed by atoms with E-state index in [1.54, 1.807) is 7.11 Å². The Labute approximate surface area is 86.8 Å². The van der Waals surface area contributed by atoms with Gasteiger partial charge in [0.1, 0.15) is 0 Å². The molecule has 0 saturated heterocycles. The van der Waals surface area contributed by atoms with Gasteiger partial charge in [-0.1, -0.05) is 0 Å². The fourth-order valence-electron chi connectivity index (χ4n) is 0.901. The lowest BCUT2D eigenvalue weighted by Crippen LogP contribution is -2.33. The molecule has 0 radical (unpaired) electrons. The van der Waals surface area contributed by atoms with Gasteiger partial charge >= 0.3 is 0 Å². The Balaban J connectivity index is 2.03. The molecule has 1 aromatic heterocycles. The number of tetrazole rings is 1. The van der Waals surface area contributed by atoms with Crippen LogP contribution in [0.15, 0.2) is 0 Å². The molecule has 1 heterocycles. The molecule has 8 heteroatoms. The summed E-state index contributed by atoms with van der Waals surface area (Å²) < 4.78 is 4.85. The normalized spacial score (nSPS) is 10.2. The highest BCUT2D eigenvalue weighted by Crippen LogP contribution is 1.80. The van der Waals surface area contributed by atoms with E-state index < -0.39 is 0 Å². The molecule has 1 amide bonds. The van der Waals surface area contributed by atoms with Gasteiger partial charge in [0.25, 0.3) is 11.7 Å². The van der Waals surface area contributed by atoms with Gasteiger partial charge in [-0.3, -0.25) is 4.79 Å². The molecule has 84 valence electrons. The van der Waals surface area contributed by atoms with Gasteiger partial charge in [-0.15, -0.1) is 10.2 Å². The molecule has 0 fully saturated rings. The number of carbonyl (C=O) groups is 1. The zero-order valence-electron chi connectivity index (χ0n) is 8.49. The van der Waals surface area contributed by atoms with Crippen LogP contribution in [0.4, 0.5) is 0 Å². The Morgan fingerprint density at radius 1 is 1.47 bits per heavy atom. The number of aromatic nitrogens is 4. The minimum atomic E-state index is -0.336. The number of aromatic amines is 1. The van der Waals surface area contributed by atoms with Crippen LogP contribution >= 0.6 is 0 Å². The van der Waals surface area contributed by atoms with E-state index in [1.165, 1.54) is 0 Å². The quantitative estimate of drug-likeness (QED) is 0.461. The molecule has 0 aliphatic heterocycles. The molecule has 3 N–H and O–H groups in total. The summed E-state index contributed by atoms with van der Waals surface area (Å²) in [5, 5.41) is 18.3. The van der Waals surface area contributed by atoms with Crippen LogP contribution in [0.25, 0.3) is 0 Å². The maximum Gasteiger partial charge on any atom is 0.292 e. The van der Waals surface area contributed by atoms with Gasteiger partial charge in [-0.2, -0.15) is 5.21 Å². The van der Waals surface area contributed by atoms with Crippen LogP contribution in [0.1, 0.15) is 10.6 Å². The minimum Gasteiger partial charge on any atom is -0.383 e. The number of nitrogens with zero attached hydrogens (tertiary/aromatic N) is 3. The van der Waals surface area contributed by atoms with Crippen molar-refractivity contribution >= 4 is 5.91 Å². The largest absolute Gasteiger partial charge is 0.383 e. The number of nitrogens with one attached hydrogen (secondary N) is 3. The molecule has 0 aliphatic rings. The molecule has 1 rings (SSSR count). The molecular weight excluding hydrogens is 200 g/mol. The van der Waals surface area contributed by atoms with Gasteiger partial charge in [-0.25, -0.2) is 0 Å². The molecule has 0 unspecified atom stereocenters. The van der Waals surface area contributed by atoms with E-state index in [2.05, 4.69) is 31.3 Å². The zero-order valence-corrected chi connectivity index (χ0v) is 8.49. The third-order valence-electron chi connectivity index (χ3n) is 1.62. The molecule has 8 nitrogen and oxygen atoms in total. The summed E-state index contributed by atoms with van der Waals surface area (Å²) in [4.78, 5) is 11.2. The molecule has 0 bridgehead atoms. The van der Waals surface area contributed by atoms with Gasteiger partial charge in [-0.05, 0) is 5.21 Å². The molecule has 0 saturated carbocycles. The van der Waals surface area contributed by atoms with Crippen LogP contribution in [0.3, 0.4) is 0 Å². The van der Waals surface area contributed by atoms with Crippen molar-refractivity contribution in [2.45, 2.75) is 0 Å². The van der Waals surface area contributed by atoms with Crippen LogP contribution in [0.2, 0.25) is 0 Å². The maximum absolute atomic E-state index is 11.2. The molecule has 0 spiro atoms. The van der Waals surface area contributed by atoms with Crippen molar-refractivity contribution in [1.29, 1.82) is 0 Å². The Morgan fingerprint density at radius 3 is 3.00 bits per heavy atom. The van der Waals surface area contributed by atoms with Gasteiger partial charge in [0.05, 0.1) is 6.61 Å². The van der Waals surface area contributed by atoms with Crippen LogP contribution in [-0.2, 0) is 4.74 Å². The van der Waals surface area contributed by atoms with Crippen LogP contribution in [0, 0.1) is 0 Å². The molecule has 15 heavy (non-hydrogen) atoms. The van der Waals surface area contributed by atoms with Crippen molar-refractivity contribution in [2.75, 3.05) is 33.4 Å². The average Bonchev–Trinajstić information content (AvgIpc) is 2.76. The first-order valence-electron chi connectivity index (χ1n) is 4.56. The molecule has 0 atom stereocenters. The lowest BCUT2D eigenvalue weighted by molar-refractivity contribution is 0.0943. The number of carbonyl (C=O) groups excluding carboxylic acids is 1. The van der Waals surface area contributed by atoms with Crippen molar-refractivity contribution in [1.82, 2.24) is 31.3 Å². The second-order valence-electron chi connectivity index (χ2n) is 2.73. The third kappa shape index (κ3) is 4.47. The van der Waals surface area contributed by atoms with E-state index in [9.17, 15) is 4.79 Å². The topological polar surface area (TPSA) is 105 Å². The van der Waals surface area contributed by atoms with Crippen molar-refractivity contribution in [2.24, 2.45) is 0 Å². The minimum absolute atomic E-state index is 0.0480. The predicted octanol–water partition coefficient (Wildman–Crippen LogP) is -1.83. The standard InChI is InChI=1S/C7H14N6O2/c1-15-5-4-8-2-3-9-7(14)6-10-12-13-11-6/h8H,2-5H2,1H3,(H,9,14)(H,10,11,12,13). The molecular formula is C7H14N6O2. The number of hydrogen-bond acceptors (Lipinski definition) is 6. The lowest BCUT2D eigenvalue weighted by Gasteiger charge is -2.04. The van der Waals surface area contributed by atoms with Gasteiger partial charge < -0.3 is 15.4 Å². The van der Waals surface area contributed by atoms with Gasteiger partial charge in [0.2, 0.25) is 0 Å². The number of rotatable bonds is 7. The Morgan fingerprint density at radius 2 is 2.33 bits per heavy atom. The zero-order chi connectivity index (χ0) is 10.9. The van der Waals surface area contributed by atoms with Crippen molar-refractivity contribution in [3.05, 3.63) is 5.82 Å². The average molecular weight is 214 g/mol. The highest BCUT2D eigenvalue weighted by atomic mass is 16.5. The number of methoxy groups -OCH3 is 1. The maximum atomic E-state index is 11.2. The first-order valence-corrected chi connectivity index (χ1v) is 4.56. The molecule has 1 aromatic rings. The summed E-state index contributed by atoms with van der Waals surface area (Å²) in [5.41, 5.74) is 0. The molecule has 0 aliphatic carbocycles. The second-order valence-corrected chi connectivity index (χ2v) is 2.73. The fraction of sp³-hybridized carbons (Fsp3) is 0.714. The van der Waals surface area contributed by atoms with E-state index >= 15 is 0 Å². The fourth-order valence-corrected chi connectivity index (χ4v) is 0.901. The van der Waals surface area contributed by atoms with Crippen LogP contribution < -0.4 is 10.6 Å². The van der Waals surface area contributed by atoms with Crippen molar-refractivity contribution in [3.8, 4) is 0 Å². The Hall–Kier alpha value is -1.54. The van der Waals surface area contributed by atoms with E-state index in [0.29, 0.717) is 19.7 Å². The SMILES string of the molecule is COCCNCCNC(=O)c1nn[nH]n1. The van der Waals surface area contributed by atoms with Crippen molar-refractivity contribution in [3.63, 3.8) is 0 Å². The lowest BCUT2D eigenvalue weighted by atomic mass is 10.5.